The van der Waals surface area contributed by atoms with Gasteiger partial charge in [0.1, 0.15) is 0 Å². The van der Waals surface area contributed by atoms with Gasteiger partial charge in [-0.25, -0.2) is 4.79 Å². The van der Waals surface area contributed by atoms with E-state index in [1.54, 1.807) is 6.07 Å². The van der Waals surface area contributed by atoms with E-state index in [2.05, 4.69) is 15.0 Å². The second-order valence-corrected chi connectivity index (χ2v) is 6.00. The molecule has 0 bridgehead atoms. The predicted molar refractivity (Wildman–Crippen MR) is 77.3 cm³/mol. The van der Waals surface area contributed by atoms with Gasteiger partial charge in [0.25, 0.3) is 11.1 Å². The molecule has 0 spiro atoms. The quantitative estimate of drug-likeness (QED) is 0.782. The van der Waals surface area contributed by atoms with E-state index in [-0.39, 0.29) is 5.56 Å². The summed E-state index contributed by atoms with van der Waals surface area (Å²) < 4.78 is 0. The Balaban J connectivity index is 1.75. The summed E-state index contributed by atoms with van der Waals surface area (Å²) in [5, 5.41) is 0. The Morgan fingerprint density at radius 3 is 2.52 bits per heavy atom. The standard InChI is InChI=1S/C15H15N3O3/c19-13-11(10-4-9(10)7-1-2-7)3-8(5-16-13)12-6-17-15(21)18-14(12)20/h3,5-7,9-10H,1-2,4H2,(H,16,19)(H2,17,18,20,21). The van der Waals surface area contributed by atoms with Crippen LogP contribution in [0.3, 0.4) is 0 Å². The number of aromatic amines is 3. The molecule has 6 heteroatoms. The van der Waals surface area contributed by atoms with Crippen molar-refractivity contribution in [3.05, 3.63) is 55.2 Å². The van der Waals surface area contributed by atoms with Crippen molar-refractivity contribution in [1.82, 2.24) is 15.0 Å². The maximum Gasteiger partial charge on any atom is 0.325 e. The fourth-order valence-electron chi connectivity index (χ4n) is 3.17. The first-order chi connectivity index (χ1) is 10.1. The second-order valence-electron chi connectivity index (χ2n) is 6.00. The summed E-state index contributed by atoms with van der Waals surface area (Å²) in [6.45, 7) is 0. The first-order valence-electron chi connectivity index (χ1n) is 7.18. The number of nitrogens with one attached hydrogen (secondary N) is 3. The average Bonchev–Trinajstić information content (AvgIpc) is 3.32. The summed E-state index contributed by atoms with van der Waals surface area (Å²) >= 11 is 0. The fraction of sp³-hybridized carbons (Fsp3) is 0.400. The van der Waals surface area contributed by atoms with Crippen molar-refractivity contribution in [2.75, 3.05) is 0 Å². The number of rotatable bonds is 3. The van der Waals surface area contributed by atoms with Crippen LogP contribution in [0.15, 0.2) is 32.8 Å². The zero-order valence-corrected chi connectivity index (χ0v) is 11.3. The van der Waals surface area contributed by atoms with E-state index in [4.69, 9.17) is 0 Å². The number of aromatic nitrogens is 3. The van der Waals surface area contributed by atoms with Gasteiger partial charge in [-0.3, -0.25) is 14.6 Å². The van der Waals surface area contributed by atoms with Crippen LogP contribution in [0.2, 0.25) is 0 Å². The summed E-state index contributed by atoms with van der Waals surface area (Å²) in [4.78, 5) is 42.3. The van der Waals surface area contributed by atoms with E-state index in [1.165, 1.54) is 25.2 Å². The number of hydrogen-bond donors (Lipinski definition) is 3. The Bertz CT molecular complexity index is 872. The highest BCUT2D eigenvalue weighted by atomic mass is 16.2. The predicted octanol–water partition coefficient (Wildman–Crippen LogP) is 0.932. The van der Waals surface area contributed by atoms with Gasteiger partial charge in [-0.15, -0.1) is 0 Å². The number of pyridine rings is 1. The highest BCUT2D eigenvalue weighted by molar-refractivity contribution is 5.61. The Hall–Kier alpha value is -2.37. The van der Waals surface area contributed by atoms with Crippen molar-refractivity contribution in [3.8, 4) is 11.1 Å². The lowest BCUT2D eigenvalue weighted by atomic mass is 10.0. The Labute approximate surface area is 119 Å². The van der Waals surface area contributed by atoms with Gasteiger partial charge in [0.15, 0.2) is 0 Å². The van der Waals surface area contributed by atoms with Gasteiger partial charge in [-0.2, -0.15) is 0 Å². The molecule has 4 rings (SSSR count). The van der Waals surface area contributed by atoms with Gasteiger partial charge in [-0.05, 0) is 43.1 Å². The molecular formula is C15H15N3O3. The average molecular weight is 285 g/mol. The van der Waals surface area contributed by atoms with Crippen molar-refractivity contribution in [1.29, 1.82) is 0 Å². The van der Waals surface area contributed by atoms with Crippen molar-refractivity contribution in [2.24, 2.45) is 11.8 Å². The van der Waals surface area contributed by atoms with Crippen molar-refractivity contribution < 1.29 is 0 Å². The van der Waals surface area contributed by atoms with Crippen molar-refractivity contribution in [2.45, 2.75) is 25.2 Å². The van der Waals surface area contributed by atoms with Crippen LogP contribution in [0.25, 0.3) is 11.1 Å². The molecule has 2 aliphatic carbocycles. The molecule has 2 saturated carbocycles. The zero-order chi connectivity index (χ0) is 14.6. The van der Waals surface area contributed by atoms with E-state index in [1.807, 2.05) is 0 Å². The van der Waals surface area contributed by atoms with Crippen LogP contribution < -0.4 is 16.8 Å². The van der Waals surface area contributed by atoms with Crippen molar-refractivity contribution in [3.63, 3.8) is 0 Å². The second kappa shape index (κ2) is 4.31. The van der Waals surface area contributed by atoms with E-state index < -0.39 is 11.2 Å². The molecule has 0 aromatic carbocycles. The third-order valence-electron chi connectivity index (χ3n) is 4.53. The monoisotopic (exact) mass is 285 g/mol. The van der Waals surface area contributed by atoms with Gasteiger partial charge in [0.2, 0.25) is 0 Å². The molecule has 2 aromatic heterocycles. The smallest absolute Gasteiger partial charge is 0.325 e. The summed E-state index contributed by atoms with van der Waals surface area (Å²) in [7, 11) is 0. The SMILES string of the molecule is O=c1[nH]cc(-c2c[nH]c(=O)c(C3CC3C3CC3)c2)c(=O)[nH]1. The fourth-order valence-corrected chi connectivity index (χ4v) is 3.17. The van der Waals surface area contributed by atoms with Crippen LogP contribution in [0.5, 0.6) is 0 Å². The largest absolute Gasteiger partial charge is 0.328 e. The van der Waals surface area contributed by atoms with Gasteiger partial charge in [0, 0.05) is 23.5 Å². The van der Waals surface area contributed by atoms with E-state index in [9.17, 15) is 14.4 Å². The van der Waals surface area contributed by atoms with Gasteiger partial charge in [0.05, 0.1) is 5.56 Å². The van der Waals surface area contributed by atoms with Gasteiger partial charge in [-0.1, -0.05) is 0 Å². The first kappa shape index (κ1) is 12.4. The third kappa shape index (κ3) is 2.16. The molecule has 0 radical (unpaired) electrons. The van der Waals surface area contributed by atoms with Gasteiger partial charge < -0.3 is 9.97 Å². The maximum absolute atomic E-state index is 12.0. The highest BCUT2D eigenvalue weighted by Crippen LogP contribution is 2.58. The van der Waals surface area contributed by atoms with Crippen LogP contribution in [0, 0.1) is 11.8 Å². The van der Waals surface area contributed by atoms with Crippen LogP contribution in [-0.4, -0.2) is 15.0 Å². The van der Waals surface area contributed by atoms with Gasteiger partial charge >= 0.3 is 5.69 Å². The highest BCUT2D eigenvalue weighted by Gasteiger charge is 2.48. The molecule has 108 valence electrons. The van der Waals surface area contributed by atoms with E-state index in [0.29, 0.717) is 23.0 Å². The minimum atomic E-state index is -0.538. The molecular weight excluding hydrogens is 270 g/mol. The normalized spacial score (nSPS) is 24.0. The summed E-state index contributed by atoms with van der Waals surface area (Å²) in [5.41, 5.74) is 0.678. The van der Waals surface area contributed by atoms with E-state index >= 15 is 0 Å². The maximum atomic E-state index is 12.0. The molecule has 2 unspecified atom stereocenters. The van der Waals surface area contributed by atoms with Crippen LogP contribution in [-0.2, 0) is 0 Å². The molecule has 2 heterocycles. The summed E-state index contributed by atoms with van der Waals surface area (Å²) in [6.07, 6.45) is 6.52. The molecule has 3 N–H and O–H groups in total. The summed E-state index contributed by atoms with van der Waals surface area (Å²) in [5.74, 6) is 1.74. The molecule has 2 atom stereocenters. The number of H-pyrrole nitrogens is 3. The molecule has 21 heavy (non-hydrogen) atoms. The minimum Gasteiger partial charge on any atom is -0.328 e. The lowest BCUT2D eigenvalue weighted by Crippen LogP contribution is -2.23. The molecule has 0 saturated heterocycles. The number of hydrogen-bond acceptors (Lipinski definition) is 3. The minimum absolute atomic E-state index is 0.0762. The first-order valence-corrected chi connectivity index (χ1v) is 7.18. The molecule has 0 amide bonds. The molecule has 2 aliphatic rings. The third-order valence-corrected chi connectivity index (χ3v) is 4.53. The van der Waals surface area contributed by atoms with Crippen LogP contribution in [0.4, 0.5) is 0 Å². The Kier molecular flexibility index (Phi) is 2.54. The molecule has 0 aliphatic heterocycles. The topological polar surface area (TPSA) is 98.6 Å². The Morgan fingerprint density at radius 2 is 1.81 bits per heavy atom. The summed E-state index contributed by atoms with van der Waals surface area (Å²) in [6, 6.07) is 1.79. The molecule has 2 fully saturated rings. The van der Waals surface area contributed by atoms with E-state index in [0.717, 1.165) is 17.9 Å². The zero-order valence-electron chi connectivity index (χ0n) is 11.3. The molecule has 6 nitrogen and oxygen atoms in total. The van der Waals surface area contributed by atoms with Crippen LogP contribution in [0.1, 0.15) is 30.7 Å². The Morgan fingerprint density at radius 1 is 1.00 bits per heavy atom. The lowest BCUT2D eigenvalue weighted by Gasteiger charge is -2.04. The van der Waals surface area contributed by atoms with Crippen LogP contribution >= 0.6 is 0 Å². The van der Waals surface area contributed by atoms with Crippen molar-refractivity contribution >= 4 is 0 Å². The molecule has 2 aromatic rings. The lowest BCUT2D eigenvalue weighted by molar-refractivity contribution is 0.688.